The fourth-order valence-electron chi connectivity index (χ4n) is 4.16. The van der Waals surface area contributed by atoms with Gasteiger partial charge in [-0.3, -0.25) is 14.5 Å². The number of ether oxygens (including phenoxy) is 2. The summed E-state index contributed by atoms with van der Waals surface area (Å²) in [7, 11) is 0. The number of halogens is 1. The number of esters is 1. The molecule has 0 bridgehead atoms. The van der Waals surface area contributed by atoms with Crippen LogP contribution >= 0.6 is 11.6 Å². The molecular formula is C27H33ClN4O6. The van der Waals surface area contributed by atoms with Crippen LogP contribution in [-0.4, -0.2) is 83.1 Å². The van der Waals surface area contributed by atoms with Gasteiger partial charge in [0.25, 0.3) is 5.91 Å². The average molecular weight is 545 g/mol. The van der Waals surface area contributed by atoms with E-state index in [1.54, 1.807) is 38.5 Å². The quantitative estimate of drug-likeness (QED) is 0.415. The Morgan fingerprint density at radius 2 is 1.84 bits per heavy atom. The molecule has 1 aliphatic rings. The fourth-order valence-corrected chi connectivity index (χ4v) is 4.42. The van der Waals surface area contributed by atoms with Crippen LogP contribution in [0.1, 0.15) is 50.2 Å². The summed E-state index contributed by atoms with van der Waals surface area (Å²) < 4.78 is 10.5. The van der Waals surface area contributed by atoms with Gasteiger partial charge in [-0.05, 0) is 52.3 Å². The molecule has 3 rings (SSSR count). The first-order valence-corrected chi connectivity index (χ1v) is 12.8. The Hall–Kier alpha value is -3.46. The molecule has 0 saturated carbocycles. The summed E-state index contributed by atoms with van der Waals surface area (Å²) in [6.07, 6.45) is -0.628. The average Bonchev–Trinajstić information content (AvgIpc) is 2.84. The number of carbonyl (C=O) groups excluding carboxylic acids is 4. The summed E-state index contributed by atoms with van der Waals surface area (Å²) in [5.41, 5.74) is 0.644. The Kier molecular flexibility index (Phi) is 9.49. The number of rotatable bonds is 7. The number of hydrogen-bond acceptors (Lipinski definition) is 8. The Labute approximate surface area is 226 Å². The van der Waals surface area contributed by atoms with Gasteiger partial charge in [-0.2, -0.15) is 0 Å². The first-order chi connectivity index (χ1) is 17.9. The van der Waals surface area contributed by atoms with Crippen molar-refractivity contribution in [3.63, 3.8) is 0 Å². The summed E-state index contributed by atoms with van der Waals surface area (Å²) >= 11 is 6.39. The first kappa shape index (κ1) is 29.1. The van der Waals surface area contributed by atoms with Crippen molar-refractivity contribution in [1.82, 2.24) is 20.1 Å². The summed E-state index contributed by atoms with van der Waals surface area (Å²) in [6, 6.07) is 6.12. The van der Waals surface area contributed by atoms with Gasteiger partial charge in [0.1, 0.15) is 22.9 Å². The van der Waals surface area contributed by atoms with Crippen LogP contribution in [0, 0.1) is 6.92 Å². The molecule has 1 aromatic heterocycles. The number of nitrogens with one attached hydrogen (secondary N) is 1. The monoisotopic (exact) mass is 544 g/mol. The molecule has 1 unspecified atom stereocenters. The van der Waals surface area contributed by atoms with Crippen molar-refractivity contribution in [2.24, 2.45) is 0 Å². The van der Waals surface area contributed by atoms with E-state index < -0.39 is 29.6 Å². The van der Waals surface area contributed by atoms with Crippen molar-refractivity contribution < 1.29 is 28.7 Å². The summed E-state index contributed by atoms with van der Waals surface area (Å²) in [5, 5.41) is 3.63. The van der Waals surface area contributed by atoms with Crippen LogP contribution in [0.25, 0.3) is 10.9 Å². The minimum absolute atomic E-state index is 0.0176. The molecule has 1 aliphatic heterocycles. The Balaban J connectivity index is 1.84. The van der Waals surface area contributed by atoms with Crippen LogP contribution in [0.5, 0.6) is 0 Å². The number of benzene rings is 1. The second-order valence-corrected chi connectivity index (χ2v) is 10.4. The third-order valence-electron chi connectivity index (χ3n) is 5.90. The number of piperazine rings is 1. The van der Waals surface area contributed by atoms with Crippen molar-refractivity contribution in [1.29, 1.82) is 0 Å². The zero-order valence-electron chi connectivity index (χ0n) is 22.3. The Morgan fingerprint density at radius 3 is 2.45 bits per heavy atom. The van der Waals surface area contributed by atoms with E-state index in [0.29, 0.717) is 42.1 Å². The van der Waals surface area contributed by atoms with E-state index in [-0.39, 0.29) is 24.4 Å². The van der Waals surface area contributed by atoms with Crippen molar-refractivity contribution in [2.45, 2.75) is 52.7 Å². The SMILES string of the molecule is CCOC(=O)N1CCN(C(CC(=O)OC(C)(C)C)C(=C=O)NC(=O)c2cc(Cl)c3ccc(C)cc3n2)CC1. The molecule has 0 aliphatic carbocycles. The minimum atomic E-state index is -0.839. The van der Waals surface area contributed by atoms with E-state index in [1.807, 2.05) is 30.0 Å². The second-order valence-electron chi connectivity index (χ2n) is 10.0. The lowest BCUT2D eigenvalue weighted by molar-refractivity contribution is -0.156. The van der Waals surface area contributed by atoms with E-state index in [2.05, 4.69) is 10.3 Å². The topological polar surface area (TPSA) is 118 Å². The molecule has 1 fully saturated rings. The van der Waals surface area contributed by atoms with Crippen LogP contribution in [0.2, 0.25) is 5.02 Å². The molecule has 204 valence electrons. The van der Waals surface area contributed by atoms with E-state index in [4.69, 9.17) is 21.1 Å². The number of fused-ring (bicyclic) bond motifs is 1. The van der Waals surface area contributed by atoms with Crippen molar-refractivity contribution in [3.8, 4) is 0 Å². The third-order valence-corrected chi connectivity index (χ3v) is 6.21. The number of amides is 2. The molecule has 0 radical (unpaired) electrons. The first-order valence-electron chi connectivity index (χ1n) is 12.4. The van der Waals surface area contributed by atoms with Crippen LogP contribution in [0.15, 0.2) is 30.0 Å². The number of hydrogen-bond donors (Lipinski definition) is 1. The molecule has 38 heavy (non-hydrogen) atoms. The predicted molar refractivity (Wildman–Crippen MR) is 143 cm³/mol. The fraction of sp³-hybridized carbons (Fsp3) is 0.481. The predicted octanol–water partition coefficient (Wildman–Crippen LogP) is 3.52. The molecule has 0 spiro atoms. The van der Waals surface area contributed by atoms with Gasteiger partial charge in [0.2, 0.25) is 0 Å². The van der Waals surface area contributed by atoms with Crippen molar-refractivity contribution in [3.05, 3.63) is 46.2 Å². The molecule has 2 heterocycles. The van der Waals surface area contributed by atoms with E-state index >= 15 is 0 Å². The molecule has 1 saturated heterocycles. The maximum atomic E-state index is 13.2. The molecule has 1 aromatic carbocycles. The maximum Gasteiger partial charge on any atom is 0.409 e. The molecule has 2 amide bonds. The lowest BCUT2D eigenvalue weighted by Crippen LogP contribution is -2.54. The van der Waals surface area contributed by atoms with Gasteiger partial charge < -0.3 is 19.7 Å². The van der Waals surface area contributed by atoms with Gasteiger partial charge in [-0.1, -0.05) is 23.7 Å². The molecule has 1 atom stereocenters. The lowest BCUT2D eigenvalue weighted by Gasteiger charge is -2.38. The van der Waals surface area contributed by atoms with E-state index in [0.717, 1.165) is 5.56 Å². The smallest absolute Gasteiger partial charge is 0.409 e. The minimum Gasteiger partial charge on any atom is -0.460 e. The van der Waals surface area contributed by atoms with Crippen molar-refractivity contribution in [2.75, 3.05) is 32.8 Å². The summed E-state index contributed by atoms with van der Waals surface area (Å²) in [4.78, 5) is 58.0. The zero-order chi connectivity index (χ0) is 28.0. The van der Waals surface area contributed by atoms with Gasteiger partial charge in [0, 0.05) is 31.6 Å². The van der Waals surface area contributed by atoms with Gasteiger partial charge in [-0.25, -0.2) is 14.6 Å². The van der Waals surface area contributed by atoms with Gasteiger partial charge in [0.05, 0.1) is 29.6 Å². The van der Waals surface area contributed by atoms with Gasteiger partial charge in [-0.15, -0.1) is 0 Å². The summed E-state index contributed by atoms with van der Waals surface area (Å²) in [5.74, 6) is 0.602. The normalized spacial score (nSPS) is 14.9. The van der Waals surface area contributed by atoms with Gasteiger partial charge in [0.15, 0.2) is 0 Å². The van der Waals surface area contributed by atoms with E-state index in [9.17, 15) is 19.2 Å². The number of nitrogens with zero attached hydrogens (tertiary/aromatic N) is 3. The second kappa shape index (κ2) is 12.4. The number of aryl methyl sites for hydroxylation is 1. The largest absolute Gasteiger partial charge is 0.460 e. The van der Waals surface area contributed by atoms with Crippen LogP contribution < -0.4 is 5.32 Å². The zero-order valence-corrected chi connectivity index (χ0v) is 23.1. The summed E-state index contributed by atoms with van der Waals surface area (Å²) in [6.45, 7) is 10.4. The molecule has 10 nitrogen and oxygen atoms in total. The Morgan fingerprint density at radius 1 is 1.16 bits per heavy atom. The highest BCUT2D eigenvalue weighted by Crippen LogP contribution is 2.24. The highest BCUT2D eigenvalue weighted by Gasteiger charge is 2.33. The van der Waals surface area contributed by atoms with Crippen LogP contribution in [-0.2, 0) is 19.1 Å². The Bertz CT molecular complexity index is 1260. The number of pyridine rings is 1. The maximum absolute atomic E-state index is 13.2. The molecule has 2 aromatic rings. The third kappa shape index (κ3) is 7.54. The standard InChI is InChI=1S/C27H33ClN4O6/c1-6-37-26(36)32-11-9-31(10-12-32)23(15-24(34)38-27(3,4)5)22(16-33)30-25(35)21-14-19(28)18-8-7-17(2)13-20(18)29-21/h7-8,13-14,23H,6,9-12,15H2,1-5H3,(H,30,35). The molecule has 11 heteroatoms. The highest BCUT2D eigenvalue weighted by atomic mass is 35.5. The number of aromatic nitrogens is 1. The highest BCUT2D eigenvalue weighted by molar-refractivity contribution is 6.35. The van der Waals surface area contributed by atoms with E-state index in [1.165, 1.54) is 6.07 Å². The lowest BCUT2D eigenvalue weighted by atomic mass is 10.1. The van der Waals surface area contributed by atoms with Crippen molar-refractivity contribution >= 4 is 46.4 Å². The number of carbonyl (C=O) groups is 3. The van der Waals surface area contributed by atoms with Crippen LogP contribution in [0.3, 0.4) is 0 Å². The molecular weight excluding hydrogens is 512 g/mol. The van der Waals surface area contributed by atoms with Crippen LogP contribution in [0.4, 0.5) is 4.79 Å². The molecule has 1 N–H and O–H groups in total. The van der Waals surface area contributed by atoms with Gasteiger partial charge >= 0.3 is 12.1 Å².